The summed E-state index contributed by atoms with van der Waals surface area (Å²) >= 11 is 0. The Hall–Kier alpha value is -2.76. The highest BCUT2D eigenvalue weighted by atomic mass is 32.2. The zero-order valence-electron chi connectivity index (χ0n) is 18.5. The van der Waals surface area contributed by atoms with Crippen LogP contribution in [0.2, 0.25) is 0 Å². The molecule has 172 valence electrons. The van der Waals surface area contributed by atoms with Crippen molar-refractivity contribution in [2.75, 3.05) is 23.8 Å². The molecule has 2 N–H and O–H groups in total. The van der Waals surface area contributed by atoms with Gasteiger partial charge < -0.3 is 10.2 Å². The molecule has 0 spiro atoms. The number of benzene rings is 2. The van der Waals surface area contributed by atoms with Gasteiger partial charge in [-0.1, -0.05) is 19.9 Å². The second-order valence-corrected chi connectivity index (χ2v) is 11.4. The molecule has 2 aromatic rings. The predicted molar refractivity (Wildman–Crippen MR) is 124 cm³/mol. The fourth-order valence-corrected chi connectivity index (χ4v) is 5.36. The minimum absolute atomic E-state index is 0.00283. The van der Waals surface area contributed by atoms with Gasteiger partial charge in [-0.2, -0.15) is 8.42 Å². The normalized spacial score (nSPS) is 15.3. The van der Waals surface area contributed by atoms with Crippen molar-refractivity contribution in [3.63, 3.8) is 0 Å². The van der Waals surface area contributed by atoms with E-state index < -0.39 is 26.0 Å². The number of fused-ring (bicyclic) bond motifs is 1. The number of anilines is 2. The summed E-state index contributed by atoms with van der Waals surface area (Å²) in [6.45, 7) is 7.98. The van der Waals surface area contributed by atoms with E-state index in [9.17, 15) is 21.6 Å². The van der Waals surface area contributed by atoms with Gasteiger partial charge in [-0.05, 0) is 62.7 Å². The Labute approximate surface area is 188 Å². The van der Waals surface area contributed by atoms with Crippen LogP contribution in [0.4, 0.5) is 11.4 Å². The number of amides is 1. The lowest BCUT2D eigenvalue weighted by atomic mass is 10.1. The average molecular weight is 479 g/mol. The van der Waals surface area contributed by atoms with Crippen LogP contribution in [-0.2, 0) is 20.0 Å². The van der Waals surface area contributed by atoms with Gasteiger partial charge in [0.15, 0.2) is 0 Å². The molecular formula is C21H26N4O5S2. The van der Waals surface area contributed by atoms with Crippen LogP contribution in [0.1, 0.15) is 36.7 Å². The summed E-state index contributed by atoms with van der Waals surface area (Å²) in [5, 5.41) is 2.67. The van der Waals surface area contributed by atoms with Crippen LogP contribution < -0.4 is 14.9 Å². The van der Waals surface area contributed by atoms with Crippen molar-refractivity contribution in [1.29, 1.82) is 0 Å². The maximum absolute atomic E-state index is 12.9. The van der Waals surface area contributed by atoms with Gasteiger partial charge in [0.1, 0.15) is 10.7 Å². The average Bonchev–Trinajstić information content (AvgIpc) is 2.71. The minimum Gasteiger partial charge on any atom is -0.328 e. The molecule has 0 fully saturated rings. The maximum Gasteiger partial charge on any atom is 0.286 e. The lowest BCUT2D eigenvalue weighted by molar-refractivity contribution is 0.102. The van der Waals surface area contributed by atoms with Gasteiger partial charge in [-0.25, -0.2) is 13.1 Å². The van der Waals surface area contributed by atoms with E-state index in [0.717, 1.165) is 0 Å². The molecule has 2 aromatic carbocycles. The summed E-state index contributed by atoms with van der Waals surface area (Å²) in [6.07, 6.45) is 0. The molecule has 1 heterocycles. The number of carbonyl (C=O) groups excluding carboxylic acids is 1. The third-order valence-corrected chi connectivity index (χ3v) is 7.82. The van der Waals surface area contributed by atoms with Crippen LogP contribution in [0.3, 0.4) is 0 Å². The van der Waals surface area contributed by atoms with Crippen LogP contribution >= 0.6 is 0 Å². The van der Waals surface area contributed by atoms with Crippen LogP contribution in [-0.4, -0.2) is 42.2 Å². The van der Waals surface area contributed by atoms with E-state index in [4.69, 9.17) is 0 Å². The molecule has 0 bridgehead atoms. The monoisotopic (exact) mass is 478 g/mol. The van der Waals surface area contributed by atoms with Crippen LogP contribution in [0.5, 0.6) is 0 Å². The number of amidine groups is 1. The molecular weight excluding hydrogens is 452 g/mol. The number of hydrogen-bond donors (Lipinski definition) is 2. The van der Waals surface area contributed by atoms with E-state index >= 15 is 0 Å². The molecule has 0 saturated carbocycles. The number of rotatable bonds is 6. The highest BCUT2D eigenvalue weighted by molar-refractivity contribution is 7.90. The van der Waals surface area contributed by atoms with Crippen LogP contribution in [0.25, 0.3) is 0 Å². The van der Waals surface area contributed by atoms with E-state index in [1.165, 1.54) is 25.2 Å². The maximum atomic E-state index is 12.9. The molecule has 1 aliphatic rings. The van der Waals surface area contributed by atoms with Crippen molar-refractivity contribution in [2.45, 2.75) is 37.5 Å². The Morgan fingerprint density at radius 2 is 1.81 bits per heavy atom. The quantitative estimate of drug-likeness (QED) is 0.658. The topological polar surface area (TPSA) is 125 Å². The smallest absolute Gasteiger partial charge is 0.286 e. The Kier molecular flexibility index (Phi) is 6.45. The van der Waals surface area contributed by atoms with E-state index in [1.807, 2.05) is 18.7 Å². The van der Waals surface area contributed by atoms with Gasteiger partial charge in [0, 0.05) is 17.8 Å². The lowest BCUT2D eigenvalue weighted by Gasteiger charge is -2.30. The van der Waals surface area contributed by atoms with Crippen LogP contribution in [0, 0.1) is 12.8 Å². The Morgan fingerprint density at radius 3 is 2.44 bits per heavy atom. The largest absolute Gasteiger partial charge is 0.328 e. The van der Waals surface area contributed by atoms with E-state index in [-0.39, 0.29) is 21.3 Å². The lowest BCUT2D eigenvalue weighted by Crippen LogP contribution is -2.36. The molecule has 32 heavy (non-hydrogen) atoms. The molecule has 0 saturated heterocycles. The van der Waals surface area contributed by atoms with Crippen molar-refractivity contribution in [3.05, 3.63) is 47.5 Å². The first-order chi connectivity index (χ1) is 14.9. The second kappa shape index (κ2) is 8.64. The van der Waals surface area contributed by atoms with Gasteiger partial charge in [-0.3, -0.25) is 4.79 Å². The summed E-state index contributed by atoms with van der Waals surface area (Å²) in [4.78, 5) is 14.7. The zero-order chi connectivity index (χ0) is 23.8. The number of hydrogen-bond acceptors (Lipinski definition) is 6. The van der Waals surface area contributed by atoms with Crippen molar-refractivity contribution < 1.29 is 21.6 Å². The first kappa shape index (κ1) is 23.9. The fourth-order valence-electron chi connectivity index (χ4n) is 3.34. The Bertz CT molecular complexity index is 1320. The fraction of sp³-hybridized carbons (Fsp3) is 0.333. The Balaban J connectivity index is 1.98. The highest BCUT2D eigenvalue weighted by Crippen LogP contribution is 2.33. The molecule has 0 radical (unpaired) electrons. The van der Waals surface area contributed by atoms with E-state index in [1.54, 1.807) is 32.0 Å². The summed E-state index contributed by atoms with van der Waals surface area (Å²) in [6, 6.07) is 8.81. The molecule has 11 heteroatoms. The second-order valence-electron chi connectivity index (χ2n) is 7.94. The number of aryl methyl sites for hydroxylation is 1. The van der Waals surface area contributed by atoms with Gasteiger partial charge in [0.2, 0.25) is 10.0 Å². The minimum atomic E-state index is -3.95. The molecule has 3 rings (SSSR count). The number of nitrogens with zero attached hydrogens (tertiary/aromatic N) is 2. The third kappa shape index (κ3) is 4.69. The summed E-state index contributed by atoms with van der Waals surface area (Å²) < 4.78 is 55.6. The molecule has 9 nitrogen and oxygen atoms in total. The van der Waals surface area contributed by atoms with Gasteiger partial charge in [0.05, 0.1) is 10.6 Å². The van der Waals surface area contributed by atoms with E-state index in [2.05, 4.69) is 14.4 Å². The summed E-state index contributed by atoms with van der Waals surface area (Å²) in [7, 11) is -6.34. The molecule has 1 aliphatic heterocycles. The van der Waals surface area contributed by atoms with E-state index in [0.29, 0.717) is 29.3 Å². The molecule has 1 amide bonds. The predicted octanol–water partition coefficient (Wildman–Crippen LogP) is 2.74. The highest BCUT2D eigenvalue weighted by Gasteiger charge is 2.30. The first-order valence-electron chi connectivity index (χ1n) is 9.94. The summed E-state index contributed by atoms with van der Waals surface area (Å²) in [5.41, 5.74) is 1.55. The molecule has 0 aliphatic carbocycles. The number of carbonyl (C=O) groups is 1. The zero-order valence-corrected chi connectivity index (χ0v) is 20.1. The SMILES string of the molecule is CNS(=O)(=O)c1ccc(C)c(NC(=O)c2ccc3c(c2)S(=O)(=O)N=C(C)N3CC(C)C)c1. The molecule has 0 aromatic heterocycles. The van der Waals surface area contributed by atoms with Crippen molar-refractivity contribution in [3.8, 4) is 0 Å². The van der Waals surface area contributed by atoms with Crippen LogP contribution in [0.15, 0.2) is 50.6 Å². The number of nitrogens with one attached hydrogen (secondary N) is 2. The van der Waals surface area contributed by atoms with Crippen molar-refractivity contribution in [2.24, 2.45) is 10.3 Å². The molecule has 0 unspecified atom stereocenters. The third-order valence-electron chi connectivity index (χ3n) is 5.02. The van der Waals surface area contributed by atoms with Gasteiger partial charge in [0.25, 0.3) is 15.9 Å². The Morgan fingerprint density at radius 1 is 1.12 bits per heavy atom. The summed E-state index contributed by atoms with van der Waals surface area (Å²) in [5.74, 6) is 0.0781. The first-order valence-corrected chi connectivity index (χ1v) is 12.9. The standard InChI is InChI=1S/C21H26N4O5S2/c1-13(2)12-25-15(4)24-32(29,30)20-10-16(7-9-19(20)25)21(26)23-18-11-17(8-6-14(18)3)31(27,28)22-5/h6-11,13,22H,12H2,1-5H3,(H,23,26). The molecule has 0 atom stereocenters. The van der Waals surface area contributed by atoms with Gasteiger partial charge >= 0.3 is 0 Å². The number of sulfonamides is 2. The van der Waals surface area contributed by atoms with Crippen molar-refractivity contribution >= 4 is 43.2 Å². The van der Waals surface area contributed by atoms with Gasteiger partial charge in [-0.15, -0.1) is 4.40 Å². The van der Waals surface area contributed by atoms with Crippen molar-refractivity contribution in [1.82, 2.24) is 4.72 Å².